The fraction of sp³-hybridized carbons (Fsp3) is 0.278. The van der Waals surface area contributed by atoms with Gasteiger partial charge in [0.05, 0.1) is 14.2 Å². The third kappa shape index (κ3) is 2.64. The maximum atomic E-state index is 11.9. The van der Waals surface area contributed by atoms with Gasteiger partial charge in [-0.2, -0.15) is 0 Å². The Kier molecular flexibility index (Phi) is 3.96. The number of hydrogen-bond donors (Lipinski definition) is 0. The van der Waals surface area contributed by atoms with Crippen LogP contribution in [0.4, 0.5) is 0 Å². The van der Waals surface area contributed by atoms with Crippen molar-refractivity contribution in [1.82, 2.24) is 0 Å². The Labute approximate surface area is 134 Å². The monoisotopic (exact) mass is 314 g/mol. The molecule has 3 rings (SSSR count). The summed E-state index contributed by atoms with van der Waals surface area (Å²) in [6, 6.07) is 15.1. The highest BCUT2D eigenvalue weighted by Crippen LogP contribution is 2.45. The van der Waals surface area contributed by atoms with E-state index >= 15 is 0 Å². The van der Waals surface area contributed by atoms with Crippen LogP contribution in [0.25, 0.3) is 0 Å². The maximum absolute atomic E-state index is 11.9. The van der Waals surface area contributed by atoms with E-state index in [9.17, 15) is 4.79 Å². The molecule has 0 spiro atoms. The van der Waals surface area contributed by atoms with Crippen molar-refractivity contribution in [3.05, 3.63) is 59.7 Å². The van der Waals surface area contributed by atoms with Crippen LogP contribution in [0.5, 0.6) is 11.5 Å². The molecule has 2 atom stereocenters. The van der Waals surface area contributed by atoms with Crippen molar-refractivity contribution < 1.29 is 23.7 Å². The van der Waals surface area contributed by atoms with Gasteiger partial charge in [0.15, 0.2) is 0 Å². The van der Waals surface area contributed by atoms with Crippen molar-refractivity contribution in [2.24, 2.45) is 0 Å². The highest BCUT2D eigenvalue weighted by molar-refractivity contribution is 5.74. The Morgan fingerprint density at radius 3 is 2.52 bits per heavy atom. The number of carbonyl (C=O) groups excluding carboxylic acids is 1. The van der Waals surface area contributed by atoms with Crippen LogP contribution < -0.4 is 9.47 Å². The smallest absolute Gasteiger partial charge is 0.376 e. The first kappa shape index (κ1) is 15.4. The van der Waals surface area contributed by atoms with Gasteiger partial charge in [-0.3, -0.25) is 0 Å². The van der Waals surface area contributed by atoms with E-state index < -0.39 is 17.9 Å². The van der Waals surface area contributed by atoms with Gasteiger partial charge < -0.3 is 18.9 Å². The minimum absolute atomic E-state index is 0.568. The zero-order valence-corrected chi connectivity index (χ0v) is 13.2. The molecule has 0 aliphatic carbocycles. The average Bonchev–Trinajstić information content (AvgIpc) is 2.61. The molecule has 0 fully saturated rings. The first-order chi connectivity index (χ1) is 11.1. The zero-order valence-electron chi connectivity index (χ0n) is 13.2. The lowest BCUT2D eigenvalue weighted by Crippen LogP contribution is -2.44. The fourth-order valence-corrected chi connectivity index (χ4v) is 2.70. The normalized spacial score (nSPS) is 22.7. The number of hydrogen-bond acceptors (Lipinski definition) is 5. The minimum atomic E-state index is -1.12. The average molecular weight is 314 g/mol. The maximum Gasteiger partial charge on any atom is 0.376 e. The summed E-state index contributed by atoms with van der Waals surface area (Å²) >= 11 is 0. The van der Waals surface area contributed by atoms with Crippen molar-refractivity contribution in [3.63, 3.8) is 0 Å². The molecular formula is C18H18O5. The van der Waals surface area contributed by atoms with Crippen molar-refractivity contribution in [1.29, 1.82) is 0 Å². The molecule has 0 bridgehead atoms. The summed E-state index contributed by atoms with van der Waals surface area (Å²) in [5.74, 6) is 0.682. The molecule has 0 saturated carbocycles. The molecule has 2 unspecified atom stereocenters. The summed E-state index contributed by atoms with van der Waals surface area (Å²) in [7, 11) is 2.90. The molecule has 0 aromatic heterocycles. The molecule has 2 aromatic rings. The number of rotatable bonds is 3. The molecule has 0 amide bonds. The summed E-state index contributed by atoms with van der Waals surface area (Å²) in [5, 5.41) is 0. The fourth-order valence-electron chi connectivity index (χ4n) is 2.70. The Morgan fingerprint density at radius 2 is 1.87 bits per heavy atom. The van der Waals surface area contributed by atoms with Crippen LogP contribution in [-0.2, 0) is 19.9 Å². The van der Waals surface area contributed by atoms with Gasteiger partial charge in [0.1, 0.15) is 17.1 Å². The van der Waals surface area contributed by atoms with Gasteiger partial charge in [-0.1, -0.05) is 30.3 Å². The Balaban J connectivity index is 2.15. The summed E-state index contributed by atoms with van der Waals surface area (Å²) < 4.78 is 21.7. The van der Waals surface area contributed by atoms with E-state index in [-0.39, 0.29) is 0 Å². The zero-order chi connectivity index (χ0) is 16.4. The molecule has 23 heavy (non-hydrogen) atoms. The molecule has 1 aliphatic heterocycles. The van der Waals surface area contributed by atoms with Gasteiger partial charge in [0.25, 0.3) is 0 Å². The van der Waals surface area contributed by atoms with Gasteiger partial charge in [0, 0.05) is 5.56 Å². The van der Waals surface area contributed by atoms with Crippen molar-refractivity contribution in [2.45, 2.75) is 18.8 Å². The number of benzene rings is 2. The molecule has 5 heteroatoms. The van der Waals surface area contributed by atoms with Gasteiger partial charge in [-0.05, 0) is 30.7 Å². The third-order valence-electron chi connectivity index (χ3n) is 4.00. The highest BCUT2D eigenvalue weighted by atomic mass is 16.7. The number of fused-ring (bicyclic) bond motifs is 1. The van der Waals surface area contributed by atoms with Crippen LogP contribution in [0.3, 0.4) is 0 Å². The quantitative estimate of drug-likeness (QED) is 0.815. The topological polar surface area (TPSA) is 54.0 Å². The molecule has 0 saturated heterocycles. The molecule has 1 aliphatic rings. The number of carbonyl (C=O) groups is 1. The van der Waals surface area contributed by atoms with Crippen LogP contribution in [0.15, 0.2) is 48.5 Å². The lowest BCUT2D eigenvalue weighted by Gasteiger charge is -2.39. The number of esters is 1. The standard InChI is InChI=1S/C18H18O5/c1-18(12-7-5-4-6-8-12)14-11-13(20-2)9-10-15(14)22-17(23-18)16(19)21-3/h4-11,17H,1-3H3. The first-order valence-corrected chi connectivity index (χ1v) is 7.25. The van der Waals surface area contributed by atoms with Crippen LogP contribution in [0, 0.1) is 0 Å². The van der Waals surface area contributed by atoms with E-state index in [4.69, 9.17) is 18.9 Å². The van der Waals surface area contributed by atoms with E-state index in [1.807, 2.05) is 43.3 Å². The minimum Gasteiger partial charge on any atom is -0.497 e. The van der Waals surface area contributed by atoms with Crippen molar-refractivity contribution in [2.75, 3.05) is 14.2 Å². The van der Waals surface area contributed by atoms with Crippen LogP contribution in [0.1, 0.15) is 18.1 Å². The summed E-state index contributed by atoms with van der Waals surface area (Å²) in [6.07, 6.45) is -1.12. The van der Waals surface area contributed by atoms with Crippen molar-refractivity contribution in [3.8, 4) is 11.5 Å². The van der Waals surface area contributed by atoms with Crippen LogP contribution in [0.2, 0.25) is 0 Å². The SMILES string of the molecule is COC(=O)C1Oc2ccc(OC)cc2C(C)(c2ccccc2)O1. The summed E-state index contributed by atoms with van der Waals surface area (Å²) in [4.78, 5) is 11.9. The Morgan fingerprint density at radius 1 is 1.13 bits per heavy atom. The summed E-state index contributed by atoms with van der Waals surface area (Å²) in [5.41, 5.74) is 0.845. The predicted molar refractivity (Wildman–Crippen MR) is 83.4 cm³/mol. The van der Waals surface area contributed by atoms with E-state index in [1.54, 1.807) is 19.2 Å². The van der Waals surface area contributed by atoms with Crippen LogP contribution in [-0.4, -0.2) is 26.5 Å². The largest absolute Gasteiger partial charge is 0.497 e. The van der Waals surface area contributed by atoms with Crippen LogP contribution >= 0.6 is 0 Å². The van der Waals surface area contributed by atoms with E-state index in [1.165, 1.54) is 7.11 Å². The molecule has 120 valence electrons. The number of ether oxygens (including phenoxy) is 4. The van der Waals surface area contributed by atoms with Gasteiger partial charge >= 0.3 is 12.3 Å². The van der Waals surface area contributed by atoms with Gasteiger partial charge in [-0.25, -0.2) is 4.79 Å². The lowest BCUT2D eigenvalue weighted by molar-refractivity contribution is -0.203. The van der Waals surface area contributed by atoms with Crippen molar-refractivity contribution >= 4 is 5.97 Å². The van der Waals surface area contributed by atoms with E-state index in [0.29, 0.717) is 11.5 Å². The Hall–Kier alpha value is -2.53. The van der Waals surface area contributed by atoms with E-state index in [2.05, 4.69) is 0 Å². The molecule has 2 aromatic carbocycles. The Bertz CT molecular complexity index is 713. The third-order valence-corrected chi connectivity index (χ3v) is 4.00. The highest BCUT2D eigenvalue weighted by Gasteiger charge is 2.43. The summed E-state index contributed by atoms with van der Waals surface area (Å²) in [6.45, 7) is 1.90. The second-order valence-electron chi connectivity index (χ2n) is 5.35. The molecule has 0 N–H and O–H groups in total. The first-order valence-electron chi connectivity index (χ1n) is 7.25. The molecule has 5 nitrogen and oxygen atoms in total. The van der Waals surface area contributed by atoms with Gasteiger partial charge in [-0.15, -0.1) is 0 Å². The predicted octanol–water partition coefficient (Wildman–Crippen LogP) is 2.87. The second kappa shape index (κ2) is 5.93. The lowest BCUT2D eigenvalue weighted by atomic mass is 9.86. The van der Waals surface area contributed by atoms with E-state index in [0.717, 1.165) is 11.1 Å². The molecule has 1 heterocycles. The molecular weight excluding hydrogens is 296 g/mol. The van der Waals surface area contributed by atoms with Gasteiger partial charge in [0.2, 0.25) is 0 Å². The second-order valence-corrected chi connectivity index (χ2v) is 5.35. The molecule has 0 radical (unpaired) electrons. The number of methoxy groups -OCH3 is 2.